The van der Waals surface area contributed by atoms with Crippen molar-refractivity contribution in [2.45, 2.75) is 44.6 Å². The summed E-state index contributed by atoms with van der Waals surface area (Å²) in [6.07, 6.45) is 7.26. The van der Waals surface area contributed by atoms with Crippen LogP contribution in [0.3, 0.4) is 0 Å². The van der Waals surface area contributed by atoms with Crippen LogP contribution in [0.15, 0.2) is 0 Å². The molecule has 0 radical (unpaired) electrons. The Balaban J connectivity index is 2.03. The molecule has 1 saturated carbocycles. The van der Waals surface area contributed by atoms with Crippen LogP contribution in [0.4, 0.5) is 0 Å². The Labute approximate surface area is 88.1 Å². The van der Waals surface area contributed by atoms with Gasteiger partial charge in [0.15, 0.2) is 0 Å². The molecule has 2 rings (SSSR count). The summed E-state index contributed by atoms with van der Waals surface area (Å²) in [6, 6.07) is 0. The van der Waals surface area contributed by atoms with Crippen LogP contribution in [0, 0.1) is 5.92 Å². The van der Waals surface area contributed by atoms with Gasteiger partial charge in [-0.05, 0) is 32.7 Å². The maximum Gasteiger partial charge on any atom is 0.0331 e. The van der Waals surface area contributed by atoms with Crippen molar-refractivity contribution in [3.8, 4) is 0 Å². The average molecular weight is 196 g/mol. The molecule has 82 valence electrons. The maximum atomic E-state index is 3.56. The van der Waals surface area contributed by atoms with Crippen LogP contribution in [-0.2, 0) is 0 Å². The Morgan fingerprint density at radius 1 is 1.21 bits per heavy atom. The zero-order chi connectivity index (χ0) is 10.0. The summed E-state index contributed by atoms with van der Waals surface area (Å²) >= 11 is 0. The molecule has 1 aliphatic carbocycles. The number of hydrogen-bond donors (Lipinski definition) is 1. The second kappa shape index (κ2) is 4.19. The van der Waals surface area contributed by atoms with Gasteiger partial charge >= 0.3 is 0 Å². The third-order valence-electron chi connectivity index (χ3n) is 4.46. The number of hydrogen-bond acceptors (Lipinski definition) is 2. The molecule has 1 atom stereocenters. The second-order valence-electron chi connectivity index (χ2n) is 5.29. The van der Waals surface area contributed by atoms with E-state index in [9.17, 15) is 0 Å². The zero-order valence-corrected chi connectivity index (χ0v) is 9.68. The van der Waals surface area contributed by atoms with Crippen LogP contribution in [0.25, 0.3) is 0 Å². The summed E-state index contributed by atoms with van der Waals surface area (Å²) in [4.78, 5) is 2.58. The van der Waals surface area contributed by atoms with Crippen molar-refractivity contribution in [1.29, 1.82) is 0 Å². The summed E-state index contributed by atoms with van der Waals surface area (Å²) in [5.41, 5.74) is 0.429. The first-order valence-electron chi connectivity index (χ1n) is 6.15. The van der Waals surface area contributed by atoms with Crippen molar-refractivity contribution in [2.24, 2.45) is 5.92 Å². The van der Waals surface area contributed by atoms with E-state index in [0.717, 1.165) is 5.92 Å². The standard InChI is InChI=1S/C12H24N2/c1-12(10-13-8-9-14(12)2)11-6-4-3-5-7-11/h11,13H,3-10H2,1-2H3. The largest absolute Gasteiger partial charge is 0.314 e. The Morgan fingerprint density at radius 3 is 2.57 bits per heavy atom. The second-order valence-corrected chi connectivity index (χ2v) is 5.29. The lowest BCUT2D eigenvalue weighted by atomic mass is 9.74. The van der Waals surface area contributed by atoms with Crippen LogP contribution < -0.4 is 5.32 Å². The van der Waals surface area contributed by atoms with Gasteiger partial charge in [0.05, 0.1) is 0 Å². The molecule has 0 spiro atoms. The van der Waals surface area contributed by atoms with Crippen LogP contribution in [-0.4, -0.2) is 37.1 Å². The summed E-state index contributed by atoms with van der Waals surface area (Å²) in [7, 11) is 2.30. The highest BCUT2D eigenvalue weighted by molar-refractivity contribution is 4.97. The molecule has 0 bridgehead atoms. The van der Waals surface area contributed by atoms with Gasteiger partial charge in [-0.3, -0.25) is 4.90 Å². The molecule has 0 amide bonds. The third-order valence-corrected chi connectivity index (χ3v) is 4.46. The predicted octanol–water partition coefficient (Wildman–Crippen LogP) is 1.86. The van der Waals surface area contributed by atoms with Gasteiger partial charge in [-0.25, -0.2) is 0 Å². The fourth-order valence-electron chi connectivity index (χ4n) is 3.16. The summed E-state index contributed by atoms with van der Waals surface area (Å²) in [5, 5.41) is 3.56. The Hall–Kier alpha value is -0.0800. The molecular formula is C12H24N2. The van der Waals surface area contributed by atoms with Gasteiger partial charge < -0.3 is 5.32 Å². The molecule has 0 aromatic carbocycles. The van der Waals surface area contributed by atoms with E-state index in [1.165, 1.54) is 51.7 Å². The van der Waals surface area contributed by atoms with Gasteiger partial charge in [-0.2, -0.15) is 0 Å². The molecule has 0 aromatic heterocycles. The van der Waals surface area contributed by atoms with E-state index < -0.39 is 0 Å². The topological polar surface area (TPSA) is 15.3 Å². The first kappa shape index (κ1) is 10.4. The highest BCUT2D eigenvalue weighted by Gasteiger charge is 2.39. The van der Waals surface area contributed by atoms with E-state index in [0.29, 0.717) is 5.54 Å². The Bertz CT molecular complexity index is 187. The summed E-state index contributed by atoms with van der Waals surface area (Å²) in [5.74, 6) is 0.925. The predicted molar refractivity (Wildman–Crippen MR) is 60.5 cm³/mol. The first-order chi connectivity index (χ1) is 6.73. The highest BCUT2D eigenvalue weighted by Crippen LogP contribution is 2.36. The molecular weight excluding hydrogens is 172 g/mol. The van der Waals surface area contributed by atoms with E-state index in [2.05, 4.69) is 24.2 Å². The SMILES string of the molecule is CN1CCNCC1(C)C1CCCCC1. The summed E-state index contributed by atoms with van der Waals surface area (Å²) in [6.45, 7) is 6.02. The molecule has 1 saturated heterocycles. The van der Waals surface area contributed by atoms with Gasteiger partial charge in [-0.1, -0.05) is 19.3 Å². The first-order valence-corrected chi connectivity index (χ1v) is 6.15. The van der Waals surface area contributed by atoms with Gasteiger partial charge in [-0.15, -0.1) is 0 Å². The Kier molecular flexibility index (Phi) is 3.13. The quantitative estimate of drug-likeness (QED) is 0.688. The third kappa shape index (κ3) is 1.82. The van der Waals surface area contributed by atoms with Crippen LogP contribution in [0.1, 0.15) is 39.0 Å². The number of rotatable bonds is 1. The smallest absolute Gasteiger partial charge is 0.0331 e. The van der Waals surface area contributed by atoms with Crippen LogP contribution in [0.5, 0.6) is 0 Å². The summed E-state index contributed by atoms with van der Waals surface area (Å²) < 4.78 is 0. The van der Waals surface area contributed by atoms with Gasteiger partial charge in [0.25, 0.3) is 0 Å². The monoisotopic (exact) mass is 196 g/mol. The molecule has 2 aliphatic rings. The van der Waals surface area contributed by atoms with Crippen molar-refractivity contribution in [3.63, 3.8) is 0 Å². The molecule has 2 fully saturated rings. The van der Waals surface area contributed by atoms with Gasteiger partial charge in [0, 0.05) is 25.2 Å². The minimum Gasteiger partial charge on any atom is -0.314 e. The lowest BCUT2D eigenvalue weighted by molar-refractivity contribution is 0.0297. The number of nitrogens with zero attached hydrogens (tertiary/aromatic N) is 1. The number of likely N-dealkylation sites (N-methyl/N-ethyl adjacent to an activating group) is 1. The van der Waals surface area contributed by atoms with Crippen molar-refractivity contribution >= 4 is 0 Å². The fraction of sp³-hybridized carbons (Fsp3) is 1.00. The van der Waals surface area contributed by atoms with Crippen molar-refractivity contribution in [2.75, 3.05) is 26.7 Å². The molecule has 14 heavy (non-hydrogen) atoms. The van der Waals surface area contributed by atoms with Crippen LogP contribution >= 0.6 is 0 Å². The van der Waals surface area contributed by atoms with E-state index >= 15 is 0 Å². The Morgan fingerprint density at radius 2 is 1.93 bits per heavy atom. The fourth-order valence-corrected chi connectivity index (χ4v) is 3.16. The molecule has 1 N–H and O–H groups in total. The van der Waals surface area contributed by atoms with Crippen LogP contribution in [0.2, 0.25) is 0 Å². The van der Waals surface area contributed by atoms with Gasteiger partial charge in [0.1, 0.15) is 0 Å². The average Bonchev–Trinajstić information content (AvgIpc) is 2.24. The molecule has 0 aromatic rings. The zero-order valence-electron chi connectivity index (χ0n) is 9.68. The molecule has 1 heterocycles. The lowest BCUT2D eigenvalue weighted by Crippen LogP contribution is -2.61. The molecule has 2 heteroatoms. The lowest BCUT2D eigenvalue weighted by Gasteiger charge is -2.49. The maximum absolute atomic E-state index is 3.56. The number of piperazine rings is 1. The number of nitrogens with one attached hydrogen (secondary N) is 1. The van der Waals surface area contributed by atoms with E-state index in [4.69, 9.17) is 0 Å². The van der Waals surface area contributed by atoms with E-state index in [1.807, 2.05) is 0 Å². The highest BCUT2D eigenvalue weighted by atomic mass is 15.2. The normalized spacial score (nSPS) is 37.3. The minimum absolute atomic E-state index is 0.429. The van der Waals surface area contributed by atoms with Crippen molar-refractivity contribution < 1.29 is 0 Å². The van der Waals surface area contributed by atoms with Crippen molar-refractivity contribution in [3.05, 3.63) is 0 Å². The molecule has 1 unspecified atom stereocenters. The molecule has 1 aliphatic heterocycles. The van der Waals surface area contributed by atoms with E-state index in [1.54, 1.807) is 0 Å². The molecule has 2 nitrogen and oxygen atoms in total. The minimum atomic E-state index is 0.429. The van der Waals surface area contributed by atoms with Crippen molar-refractivity contribution in [1.82, 2.24) is 10.2 Å². The van der Waals surface area contributed by atoms with Gasteiger partial charge in [0.2, 0.25) is 0 Å². The van der Waals surface area contributed by atoms with E-state index in [-0.39, 0.29) is 0 Å².